The number of Topliss-reactive ketones (excluding diaryl/α,β-unsaturated/α-hetero) is 1. The summed E-state index contributed by atoms with van der Waals surface area (Å²) in [5, 5.41) is 11.6. The second kappa shape index (κ2) is 9.47. The summed E-state index contributed by atoms with van der Waals surface area (Å²) in [5.74, 6) is -0.454. The summed E-state index contributed by atoms with van der Waals surface area (Å²) < 4.78 is 16.2. The number of halogens is 1. The number of amides is 1. The fourth-order valence-corrected chi connectivity index (χ4v) is 3.79. The van der Waals surface area contributed by atoms with E-state index in [2.05, 4.69) is 15.5 Å². The molecule has 0 spiro atoms. The predicted molar refractivity (Wildman–Crippen MR) is 111 cm³/mol. The molecule has 0 aliphatic heterocycles. The largest absolute Gasteiger partial charge is 0.326 e. The number of nitrogens with one attached hydrogen (secondary N) is 1. The number of benzene rings is 2. The molecule has 1 aromatic heterocycles. The maximum Gasteiger partial charge on any atom is 0.221 e. The molecule has 3 aromatic rings. The van der Waals surface area contributed by atoms with Gasteiger partial charge in [-0.05, 0) is 30.7 Å². The van der Waals surface area contributed by atoms with Gasteiger partial charge in [-0.1, -0.05) is 42.1 Å². The Balaban J connectivity index is 1.68. The number of anilines is 1. The van der Waals surface area contributed by atoms with Gasteiger partial charge in [-0.15, -0.1) is 10.2 Å². The highest BCUT2D eigenvalue weighted by molar-refractivity contribution is 7.99. The Morgan fingerprint density at radius 3 is 2.55 bits per heavy atom. The third-order valence-corrected chi connectivity index (χ3v) is 5.20. The van der Waals surface area contributed by atoms with Crippen molar-refractivity contribution in [3.63, 3.8) is 0 Å². The standard InChI is InChI=1S/C21H21FN4O2S/c1-3-26-20(11-15-7-5-4-6-8-15)24-25-21(26)29-13-19(28)17-10-9-16(12-18(17)22)23-14(2)27/h4-10,12H,3,11,13H2,1-2H3,(H,23,27). The molecule has 0 bridgehead atoms. The van der Waals surface area contributed by atoms with Crippen LogP contribution in [0.25, 0.3) is 0 Å². The van der Waals surface area contributed by atoms with Crippen molar-refractivity contribution < 1.29 is 14.0 Å². The molecule has 0 saturated heterocycles. The van der Waals surface area contributed by atoms with Gasteiger partial charge in [0.1, 0.15) is 11.6 Å². The van der Waals surface area contributed by atoms with Crippen molar-refractivity contribution in [2.45, 2.75) is 32.0 Å². The highest BCUT2D eigenvalue weighted by Crippen LogP contribution is 2.22. The monoisotopic (exact) mass is 412 g/mol. The van der Waals surface area contributed by atoms with E-state index in [-0.39, 0.29) is 23.0 Å². The number of hydrogen-bond donors (Lipinski definition) is 1. The van der Waals surface area contributed by atoms with E-state index in [0.717, 1.165) is 17.5 Å². The van der Waals surface area contributed by atoms with Crippen molar-refractivity contribution in [2.75, 3.05) is 11.1 Å². The van der Waals surface area contributed by atoms with E-state index in [9.17, 15) is 14.0 Å². The van der Waals surface area contributed by atoms with Gasteiger partial charge in [0.05, 0.1) is 11.3 Å². The zero-order valence-corrected chi connectivity index (χ0v) is 17.0. The Kier molecular flexibility index (Phi) is 6.77. The van der Waals surface area contributed by atoms with Crippen LogP contribution in [0.5, 0.6) is 0 Å². The Bertz CT molecular complexity index is 1020. The zero-order valence-electron chi connectivity index (χ0n) is 16.2. The SMILES string of the molecule is CCn1c(Cc2ccccc2)nnc1SCC(=O)c1ccc(NC(C)=O)cc1F. The average Bonchev–Trinajstić information content (AvgIpc) is 3.08. The van der Waals surface area contributed by atoms with E-state index in [1.165, 1.54) is 30.8 Å². The molecule has 2 aromatic carbocycles. The first-order chi connectivity index (χ1) is 14.0. The molecule has 0 unspecified atom stereocenters. The van der Waals surface area contributed by atoms with E-state index in [1.54, 1.807) is 0 Å². The van der Waals surface area contributed by atoms with E-state index in [0.29, 0.717) is 23.8 Å². The lowest BCUT2D eigenvalue weighted by molar-refractivity contribution is -0.114. The lowest BCUT2D eigenvalue weighted by atomic mass is 10.1. The smallest absolute Gasteiger partial charge is 0.221 e. The Hall–Kier alpha value is -3.00. The Morgan fingerprint density at radius 1 is 1.14 bits per heavy atom. The minimum absolute atomic E-state index is 0.0151. The summed E-state index contributed by atoms with van der Waals surface area (Å²) in [6, 6.07) is 14.0. The van der Waals surface area contributed by atoms with E-state index in [1.807, 2.05) is 41.8 Å². The first-order valence-corrected chi connectivity index (χ1v) is 10.2. The quantitative estimate of drug-likeness (QED) is 0.448. The third-order valence-electron chi connectivity index (χ3n) is 4.24. The van der Waals surface area contributed by atoms with Crippen LogP contribution in [0, 0.1) is 5.82 Å². The average molecular weight is 412 g/mol. The molecule has 1 N–H and O–H groups in total. The maximum absolute atomic E-state index is 14.3. The summed E-state index contributed by atoms with van der Waals surface area (Å²) in [5.41, 5.74) is 1.43. The van der Waals surface area contributed by atoms with Gasteiger partial charge in [0.15, 0.2) is 10.9 Å². The lowest BCUT2D eigenvalue weighted by Gasteiger charge is -2.08. The zero-order chi connectivity index (χ0) is 20.8. The van der Waals surface area contributed by atoms with Gasteiger partial charge in [-0.2, -0.15) is 0 Å². The van der Waals surface area contributed by atoms with Crippen LogP contribution in [0.2, 0.25) is 0 Å². The van der Waals surface area contributed by atoms with Crippen LogP contribution in [0.15, 0.2) is 53.7 Å². The molecule has 0 aliphatic rings. The van der Waals surface area contributed by atoms with Crippen LogP contribution >= 0.6 is 11.8 Å². The van der Waals surface area contributed by atoms with Crippen LogP contribution in [0.1, 0.15) is 35.6 Å². The highest BCUT2D eigenvalue weighted by Gasteiger charge is 2.17. The number of aromatic nitrogens is 3. The molecule has 0 atom stereocenters. The molecule has 3 rings (SSSR count). The van der Waals surface area contributed by atoms with Crippen LogP contribution in [-0.2, 0) is 17.8 Å². The Labute approximate surface area is 172 Å². The summed E-state index contributed by atoms with van der Waals surface area (Å²) in [4.78, 5) is 23.5. The molecule has 0 radical (unpaired) electrons. The van der Waals surface area contributed by atoms with Crippen molar-refractivity contribution in [3.05, 3.63) is 71.3 Å². The second-order valence-corrected chi connectivity index (χ2v) is 7.34. The lowest BCUT2D eigenvalue weighted by Crippen LogP contribution is -2.10. The fraction of sp³-hybridized carbons (Fsp3) is 0.238. The molecular formula is C21H21FN4O2S. The van der Waals surface area contributed by atoms with Crippen molar-refractivity contribution in [3.8, 4) is 0 Å². The molecule has 0 fully saturated rings. The van der Waals surface area contributed by atoms with E-state index >= 15 is 0 Å². The minimum Gasteiger partial charge on any atom is -0.326 e. The summed E-state index contributed by atoms with van der Waals surface area (Å²) in [6.07, 6.45) is 0.648. The van der Waals surface area contributed by atoms with Gasteiger partial charge in [-0.3, -0.25) is 9.59 Å². The molecular weight excluding hydrogens is 391 g/mol. The highest BCUT2D eigenvalue weighted by atomic mass is 32.2. The fourth-order valence-electron chi connectivity index (χ4n) is 2.88. The number of rotatable bonds is 8. The third kappa shape index (κ3) is 5.29. The van der Waals surface area contributed by atoms with Gasteiger partial charge in [0.2, 0.25) is 5.91 Å². The van der Waals surface area contributed by atoms with Crippen LogP contribution in [0.3, 0.4) is 0 Å². The van der Waals surface area contributed by atoms with Crippen molar-refractivity contribution in [1.82, 2.24) is 14.8 Å². The van der Waals surface area contributed by atoms with Crippen molar-refractivity contribution >= 4 is 29.1 Å². The molecule has 0 saturated carbocycles. The van der Waals surface area contributed by atoms with Gasteiger partial charge >= 0.3 is 0 Å². The normalized spacial score (nSPS) is 10.7. The molecule has 8 heteroatoms. The van der Waals surface area contributed by atoms with Gasteiger partial charge in [0, 0.05) is 25.6 Å². The van der Waals surface area contributed by atoms with Gasteiger partial charge < -0.3 is 9.88 Å². The van der Waals surface area contributed by atoms with Crippen LogP contribution in [0.4, 0.5) is 10.1 Å². The van der Waals surface area contributed by atoms with Crippen LogP contribution in [-0.4, -0.2) is 32.2 Å². The first-order valence-electron chi connectivity index (χ1n) is 9.17. The Morgan fingerprint density at radius 2 is 1.90 bits per heavy atom. The number of carbonyl (C=O) groups is 2. The minimum atomic E-state index is -0.663. The number of thioether (sulfide) groups is 1. The number of carbonyl (C=O) groups excluding carboxylic acids is 2. The topological polar surface area (TPSA) is 76.9 Å². The second-order valence-electron chi connectivity index (χ2n) is 6.39. The number of nitrogens with zero attached hydrogens (tertiary/aromatic N) is 3. The van der Waals surface area contributed by atoms with Crippen molar-refractivity contribution in [2.24, 2.45) is 0 Å². The maximum atomic E-state index is 14.3. The molecule has 6 nitrogen and oxygen atoms in total. The molecule has 29 heavy (non-hydrogen) atoms. The van der Waals surface area contributed by atoms with Gasteiger partial charge in [-0.25, -0.2) is 4.39 Å². The van der Waals surface area contributed by atoms with E-state index < -0.39 is 5.82 Å². The summed E-state index contributed by atoms with van der Waals surface area (Å²) in [6.45, 7) is 4.00. The van der Waals surface area contributed by atoms with Crippen molar-refractivity contribution in [1.29, 1.82) is 0 Å². The summed E-state index contributed by atoms with van der Waals surface area (Å²) in [7, 11) is 0. The first kappa shape index (κ1) is 20.7. The van der Waals surface area contributed by atoms with Gasteiger partial charge in [0.25, 0.3) is 0 Å². The van der Waals surface area contributed by atoms with Crippen LogP contribution < -0.4 is 5.32 Å². The molecule has 1 heterocycles. The number of ketones is 1. The molecule has 150 valence electrons. The summed E-state index contributed by atoms with van der Waals surface area (Å²) >= 11 is 1.23. The molecule has 1 amide bonds. The van der Waals surface area contributed by atoms with E-state index in [4.69, 9.17) is 0 Å². The molecule has 0 aliphatic carbocycles. The predicted octanol–water partition coefficient (Wildman–Crippen LogP) is 3.96. The number of hydrogen-bond acceptors (Lipinski definition) is 5.